The average Bonchev–Trinajstić information content (AvgIpc) is 3.18. The van der Waals surface area contributed by atoms with Gasteiger partial charge in [-0.05, 0) is 68.5 Å². The minimum absolute atomic E-state index is 0.0766. The van der Waals surface area contributed by atoms with Crippen LogP contribution in [0.2, 0.25) is 5.02 Å². The van der Waals surface area contributed by atoms with Gasteiger partial charge in [-0.1, -0.05) is 17.7 Å². The number of pyridine rings is 1. The lowest BCUT2D eigenvalue weighted by atomic mass is 9.87. The van der Waals surface area contributed by atoms with E-state index in [4.69, 9.17) is 11.6 Å². The van der Waals surface area contributed by atoms with E-state index >= 15 is 0 Å². The molecule has 0 spiro atoms. The van der Waals surface area contributed by atoms with Gasteiger partial charge in [0.15, 0.2) is 5.69 Å². The van der Waals surface area contributed by atoms with Gasteiger partial charge in [-0.3, -0.25) is 9.20 Å². The van der Waals surface area contributed by atoms with E-state index in [9.17, 15) is 23.1 Å². The van der Waals surface area contributed by atoms with Gasteiger partial charge in [-0.2, -0.15) is 13.2 Å². The number of rotatable bonds is 4. The summed E-state index contributed by atoms with van der Waals surface area (Å²) in [5, 5.41) is 17.3. The second kappa shape index (κ2) is 8.29. The smallest absolute Gasteiger partial charge is 0.371 e. The van der Waals surface area contributed by atoms with Crippen LogP contribution >= 0.6 is 11.6 Å². The van der Waals surface area contributed by atoms with Gasteiger partial charge in [-0.25, -0.2) is 4.98 Å². The quantitative estimate of drug-likeness (QED) is 0.483. The molecule has 3 N–H and O–H groups in total. The fraction of sp³-hybridized carbons (Fsp3) is 0.364. The molecule has 0 aliphatic heterocycles. The van der Waals surface area contributed by atoms with E-state index in [0.717, 1.165) is 11.8 Å². The molecular weight excluding hydrogens is 445 g/mol. The first-order valence-corrected chi connectivity index (χ1v) is 10.5. The number of carbonyl (C=O) groups is 1. The van der Waals surface area contributed by atoms with E-state index in [1.807, 2.05) is 0 Å². The number of amides is 1. The summed E-state index contributed by atoms with van der Waals surface area (Å²) in [6.45, 7) is 1.79. The molecule has 2 aromatic heterocycles. The molecule has 10 heteroatoms. The Kier molecular flexibility index (Phi) is 5.81. The Morgan fingerprint density at radius 2 is 1.97 bits per heavy atom. The van der Waals surface area contributed by atoms with Crippen LogP contribution in [0.3, 0.4) is 0 Å². The summed E-state index contributed by atoms with van der Waals surface area (Å²) >= 11 is 6.00. The number of nitrogens with zero attached hydrogens (tertiary/aromatic N) is 2. The first-order valence-electron chi connectivity index (χ1n) is 10.2. The van der Waals surface area contributed by atoms with Crippen LogP contribution in [-0.2, 0) is 6.18 Å². The molecule has 2 heterocycles. The van der Waals surface area contributed by atoms with E-state index in [-0.39, 0.29) is 17.6 Å². The number of nitrogens with one attached hydrogen (secondary N) is 2. The van der Waals surface area contributed by atoms with Crippen molar-refractivity contribution in [2.45, 2.75) is 50.6 Å². The molecule has 6 nitrogen and oxygen atoms in total. The Morgan fingerprint density at radius 1 is 1.25 bits per heavy atom. The topological polar surface area (TPSA) is 78.7 Å². The zero-order valence-corrected chi connectivity index (χ0v) is 18.0. The number of aliphatic hydroxyl groups is 1. The Bertz CT molecular complexity index is 1150. The third kappa shape index (κ3) is 4.68. The maximum atomic E-state index is 13.0. The number of hydrogen-bond acceptors (Lipinski definition) is 4. The van der Waals surface area contributed by atoms with Gasteiger partial charge in [-0.15, -0.1) is 0 Å². The number of fused-ring (bicyclic) bond motifs is 1. The first-order chi connectivity index (χ1) is 15.0. The molecule has 1 fully saturated rings. The Labute approximate surface area is 187 Å². The van der Waals surface area contributed by atoms with Crippen molar-refractivity contribution >= 4 is 29.0 Å². The number of carbonyl (C=O) groups excluding carboxylic acids is 1. The lowest BCUT2D eigenvalue weighted by Crippen LogP contribution is -2.52. The van der Waals surface area contributed by atoms with Gasteiger partial charge in [0, 0.05) is 22.8 Å². The predicted octanol–water partition coefficient (Wildman–Crippen LogP) is 4.79. The zero-order valence-electron chi connectivity index (χ0n) is 17.2. The number of halogens is 4. The van der Waals surface area contributed by atoms with Crippen molar-refractivity contribution in [2.75, 3.05) is 5.32 Å². The molecule has 170 valence electrons. The number of imidazole rings is 1. The Balaban J connectivity index is 1.41. The fourth-order valence-electron chi connectivity index (χ4n) is 3.91. The largest absolute Gasteiger partial charge is 0.434 e. The molecule has 3 aromatic rings. The van der Waals surface area contributed by atoms with E-state index in [0.29, 0.717) is 42.1 Å². The second-order valence-electron chi connectivity index (χ2n) is 8.13. The summed E-state index contributed by atoms with van der Waals surface area (Å²) < 4.78 is 40.4. The third-order valence-electron chi connectivity index (χ3n) is 5.71. The van der Waals surface area contributed by atoms with Crippen molar-refractivity contribution in [1.82, 2.24) is 14.7 Å². The Morgan fingerprint density at radius 3 is 2.62 bits per heavy atom. The van der Waals surface area contributed by atoms with Gasteiger partial charge in [0.1, 0.15) is 17.2 Å². The van der Waals surface area contributed by atoms with Crippen LogP contribution in [0.4, 0.5) is 19.0 Å². The molecule has 0 bridgehead atoms. The standard InChI is InChI=1S/C22H22ClF3N4O2/c1-13-11-14(5-6-16(13)23)20(31)29-21(32)9-7-15(8-10-21)27-18-3-2-4-19-28-17(12-30(18)19)22(24,25)26/h2-6,11-12,15,27,32H,7-10H2,1H3,(H,29,31). The minimum atomic E-state index is -4.52. The van der Waals surface area contributed by atoms with Crippen LogP contribution in [0.5, 0.6) is 0 Å². The van der Waals surface area contributed by atoms with Gasteiger partial charge >= 0.3 is 6.18 Å². The predicted molar refractivity (Wildman–Crippen MR) is 115 cm³/mol. The molecule has 1 aliphatic carbocycles. The van der Waals surface area contributed by atoms with Gasteiger partial charge < -0.3 is 15.7 Å². The van der Waals surface area contributed by atoms with Crippen LogP contribution < -0.4 is 10.6 Å². The highest BCUT2D eigenvalue weighted by atomic mass is 35.5. The number of alkyl halides is 3. The maximum absolute atomic E-state index is 13.0. The van der Waals surface area contributed by atoms with Crippen LogP contribution in [0, 0.1) is 6.92 Å². The molecule has 1 aliphatic rings. The van der Waals surface area contributed by atoms with Crippen LogP contribution in [-0.4, -0.2) is 32.2 Å². The zero-order chi connectivity index (χ0) is 23.1. The SMILES string of the molecule is Cc1cc(C(=O)NC2(O)CCC(Nc3cccc4nc(C(F)(F)F)cn34)CC2)ccc1Cl. The van der Waals surface area contributed by atoms with Gasteiger partial charge in [0.05, 0.1) is 0 Å². The molecule has 32 heavy (non-hydrogen) atoms. The third-order valence-corrected chi connectivity index (χ3v) is 6.14. The summed E-state index contributed by atoms with van der Waals surface area (Å²) in [6.07, 6.45) is -1.91. The monoisotopic (exact) mass is 466 g/mol. The van der Waals surface area contributed by atoms with Crippen molar-refractivity contribution in [3.63, 3.8) is 0 Å². The molecule has 1 saturated carbocycles. The highest BCUT2D eigenvalue weighted by molar-refractivity contribution is 6.31. The van der Waals surface area contributed by atoms with Crippen LogP contribution in [0.15, 0.2) is 42.6 Å². The number of aryl methyl sites for hydroxylation is 1. The average molecular weight is 467 g/mol. The van der Waals surface area contributed by atoms with Gasteiger partial charge in [0.25, 0.3) is 5.91 Å². The van der Waals surface area contributed by atoms with Crippen LogP contribution in [0.25, 0.3) is 5.65 Å². The minimum Gasteiger partial charge on any atom is -0.371 e. The lowest BCUT2D eigenvalue weighted by Gasteiger charge is -2.37. The van der Waals surface area contributed by atoms with Crippen LogP contribution in [0.1, 0.15) is 47.3 Å². The lowest BCUT2D eigenvalue weighted by molar-refractivity contribution is -0.140. The maximum Gasteiger partial charge on any atom is 0.434 e. The molecule has 0 unspecified atom stereocenters. The molecular formula is C22H22ClF3N4O2. The number of aromatic nitrogens is 2. The van der Waals surface area contributed by atoms with Crippen molar-refractivity contribution in [2.24, 2.45) is 0 Å². The van der Waals surface area contributed by atoms with Gasteiger partial charge in [0.2, 0.25) is 0 Å². The van der Waals surface area contributed by atoms with E-state index in [1.165, 1.54) is 10.5 Å². The molecule has 0 radical (unpaired) electrons. The summed E-state index contributed by atoms with van der Waals surface area (Å²) in [5.41, 5.74) is -0.938. The summed E-state index contributed by atoms with van der Waals surface area (Å²) in [6, 6.07) is 9.65. The molecule has 0 atom stereocenters. The number of benzene rings is 1. The number of hydrogen-bond donors (Lipinski definition) is 3. The van der Waals surface area contributed by atoms with E-state index in [1.54, 1.807) is 37.3 Å². The summed E-state index contributed by atoms with van der Waals surface area (Å²) in [4.78, 5) is 16.2. The van der Waals surface area contributed by atoms with Crippen molar-refractivity contribution in [3.8, 4) is 0 Å². The highest BCUT2D eigenvalue weighted by Crippen LogP contribution is 2.31. The van der Waals surface area contributed by atoms with Crippen molar-refractivity contribution in [1.29, 1.82) is 0 Å². The second-order valence-corrected chi connectivity index (χ2v) is 8.54. The molecule has 4 rings (SSSR count). The fourth-order valence-corrected chi connectivity index (χ4v) is 4.03. The summed E-state index contributed by atoms with van der Waals surface area (Å²) in [7, 11) is 0. The molecule has 1 aromatic carbocycles. The summed E-state index contributed by atoms with van der Waals surface area (Å²) in [5.74, 6) is 0.100. The first kappa shape index (κ1) is 22.4. The Hall–Kier alpha value is -2.78. The van der Waals surface area contributed by atoms with E-state index in [2.05, 4.69) is 15.6 Å². The highest BCUT2D eigenvalue weighted by Gasteiger charge is 2.36. The molecule has 0 saturated heterocycles. The number of anilines is 1. The van der Waals surface area contributed by atoms with E-state index < -0.39 is 17.6 Å². The van der Waals surface area contributed by atoms with Crippen molar-refractivity contribution in [3.05, 3.63) is 64.4 Å². The van der Waals surface area contributed by atoms with Crippen molar-refractivity contribution < 1.29 is 23.1 Å². The molecule has 1 amide bonds. The normalized spacial score (nSPS) is 21.5.